The summed E-state index contributed by atoms with van der Waals surface area (Å²) >= 11 is 0. The van der Waals surface area contributed by atoms with E-state index in [0.717, 1.165) is 11.2 Å². The molecule has 0 aromatic heterocycles. The van der Waals surface area contributed by atoms with Gasteiger partial charge in [-0.15, -0.1) is 0 Å². The van der Waals surface area contributed by atoms with E-state index in [1.54, 1.807) is 0 Å². The molecular weight excluding hydrogens is 182 g/mol. The van der Waals surface area contributed by atoms with Crippen LogP contribution in [-0.4, -0.2) is 4.98 Å². The maximum absolute atomic E-state index is 4.60. The Labute approximate surface area is 88.4 Å². The van der Waals surface area contributed by atoms with Crippen LogP contribution in [0.1, 0.15) is 0 Å². The minimum Gasteiger partial charge on any atom is -0.187 e. The van der Waals surface area contributed by atoms with Gasteiger partial charge in [-0.2, -0.15) is 4.98 Å². The molecular formula is C14H10N+. The average Bonchev–Trinajstić information content (AvgIpc) is 2.51. The third-order valence-electron chi connectivity index (χ3n) is 2.56. The Balaban J connectivity index is 2.52. The molecule has 1 aromatic rings. The maximum Gasteiger partial charge on any atom is 0.152 e. The number of hydrogen-bond acceptors (Lipinski definition) is 1. The first kappa shape index (κ1) is 8.30. The molecule has 15 heavy (non-hydrogen) atoms. The molecule has 1 heterocycles. The van der Waals surface area contributed by atoms with E-state index in [1.165, 1.54) is 10.9 Å². The first-order valence-corrected chi connectivity index (χ1v) is 5.02. The summed E-state index contributed by atoms with van der Waals surface area (Å²) in [6.07, 6.45) is 0. The van der Waals surface area contributed by atoms with Crippen molar-refractivity contribution in [2.75, 3.05) is 0 Å². The van der Waals surface area contributed by atoms with Gasteiger partial charge in [0, 0.05) is 24.3 Å². The van der Waals surface area contributed by atoms with Crippen molar-refractivity contribution in [3.63, 3.8) is 0 Å². The van der Waals surface area contributed by atoms with Gasteiger partial charge in [-0.05, 0) is 18.2 Å². The summed E-state index contributed by atoms with van der Waals surface area (Å²) in [5.74, 6) is 0. The second-order valence-corrected chi connectivity index (χ2v) is 3.53. The Morgan fingerprint density at radius 2 is 1.73 bits per heavy atom. The molecule has 3 rings (SSSR count). The largest absolute Gasteiger partial charge is 0.187 e. The molecule has 0 saturated carbocycles. The number of nitrogens with zero attached hydrogens (tertiary/aromatic N) is 1. The van der Waals surface area contributed by atoms with Gasteiger partial charge in [0.25, 0.3) is 0 Å². The number of hydrogen-bond donors (Lipinski definition) is 0. The van der Waals surface area contributed by atoms with E-state index < -0.39 is 0 Å². The van der Waals surface area contributed by atoms with Crippen LogP contribution in [0.2, 0.25) is 0 Å². The standard InChI is InChI=1S/C14H10N/c1-3-7-11-12-8-4-2-6-10-14(12)15-13(11)9-5-1/h1-10H/q+1. The lowest BCUT2D eigenvalue weighted by Gasteiger charge is -1.81. The minimum atomic E-state index is 1.06. The summed E-state index contributed by atoms with van der Waals surface area (Å²) < 4.78 is 0. The fraction of sp³-hybridized carbons (Fsp3) is 0. The second kappa shape index (κ2) is 3.28. The SMILES string of the molecule is c1ccc2nc3cccc[cH+]c3c-2cc1. The van der Waals surface area contributed by atoms with Crippen LogP contribution >= 0.6 is 0 Å². The van der Waals surface area contributed by atoms with E-state index >= 15 is 0 Å². The zero-order valence-corrected chi connectivity index (χ0v) is 8.22. The first-order valence-electron chi connectivity index (χ1n) is 5.02. The van der Waals surface area contributed by atoms with E-state index in [4.69, 9.17) is 0 Å². The highest BCUT2D eigenvalue weighted by molar-refractivity contribution is 5.96. The highest BCUT2D eigenvalue weighted by Crippen LogP contribution is 2.28. The monoisotopic (exact) mass is 192 g/mol. The fourth-order valence-electron chi connectivity index (χ4n) is 1.86. The van der Waals surface area contributed by atoms with Crippen molar-refractivity contribution in [1.82, 2.24) is 4.98 Å². The van der Waals surface area contributed by atoms with Gasteiger partial charge in [0.2, 0.25) is 0 Å². The number of rotatable bonds is 0. The molecule has 0 radical (unpaired) electrons. The quantitative estimate of drug-likeness (QED) is 0.496. The zero-order valence-electron chi connectivity index (χ0n) is 8.22. The molecule has 2 aliphatic rings. The van der Waals surface area contributed by atoms with Crippen molar-refractivity contribution in [3.8, 4) is 11.3 Å². The lowest BCUT2D eigenvalue weighted by atomic mass is 10.1. The summed E-state index contributed by atoms with van der Waals surface area (Å²) in [6, 6.07) is 20.5. The molecule has 1 nitrogen and oxygen atoms in total. The van der Waals surface area contributed by atoms with Gasteiger partial charge in [-0.3, -0.25) is 0 Å². The molecule has 0 saturated heterocycles. The molecule has 0 amide bonds. The predicted octanol–water partition coefficient (Wildman–Crippen LogP) is 3.62. The van der Waals surface area contributed by atoms with Gasteiger partial charge in [0.1, 0.15) is 11.1 Å². The Kier molecular flexibility index (Phi) is 1.82. The molecule has 1 aliphatic carbocycles. The molecule has 0 spiro atoms. The highest BCUT2D eigenvalue weighted by atomic mass is 14.7. The minimum absolute atomic E-state index is 1.06. The third kappa shape index (κ3) is 1.33. The van der Waals surface area contributed by atoms with Crippen LogP contribution in [0.25, 0.3) is 22.2 Å². The summed E-state index contributed by atoms with van der Waals surface area (Å²) in [5, 5.41) is 1.21. The molecule has 0 bridgehead atoms. The molecule has 0 N–H and O–H groups in total. The van der Waals surface area contributed by atoms with E-state index in [2.05, 4.69) is 41.4 Å². The Morgan fingerprint density at radius 1 is 0.867 bits per heavy atom. The van der Waals surface area contributed by atoms with Crippen molar-refractivity contribution in [1.29, 1.82) is 0 Å². The summed E-state index contributed by atoms with van der Waals surface area (Å²) in [7, 11) is 0. The van der Waals surface area contributed by atoms with Gasteiger partial charge in [-0.25, -0.2) is 0 Å². The number of aromatic nitrogens is 1. The molecule has 1 aromatic carbocycles. The van der Waals surface area contributed by atoms with Crippen LogP contribution in [-0.2, 0) is 0 Å². The van der Waals surface area contributed by atoms with Crippen LogP contribution in [0, 0.1) is 0 Å². The van der Waals surface area contributed by atoms with Gasteiger partial charge in [-0.1, -0.05) is 18.2 Å². The molecule has 1 aliphatic heterocycles. The lowest BCUT2D eigenvalue weighted by Crippen LogP contribution is -1.67. The fourth-order valence-corrected chi connectivity index (χ4v) is 1.86. The van der Waals surface area contributed by atoms with Crippen LogP contribution < -0.4 is 0 Å². The van der Waals surface area contributed by atoms with E-state index in [1.807, 2.05) is 24.3 Å². The summed E-state index contributed by atoms with van der Waals surface area (Å²) in [4.78, 5) is 4.60. The van der Waals surface area contributed by atoms with Gasteiger partial charge in [0.15, 0.2) is 5.52 Å². The third-order valence-corrected chi connectivity index (χ3v) is 2.56. The summed E-state index contributed by atoms with van der Waals surface area (Å²) in [6.45, 7) is 0. The Bertz CT molecular complexity index is 593. The second-order valence-electron chi connectivity index (χ2n) is 3.53. The van der Waals surface area contributed by atoms with E-state index in [9.17, 15) is 0 Å². The van der Waals surface area contributed by atoms with Crippen molar-refractivity contribution >= 4 is 10.9 Å². The van der Waals surface area contributed by atoms with Gasteiger partial charge < -0.3 is 0 Å². The van der Waals surface area contributed by atoms with Crippen LogP contribution in [0.4, 0.5) is 0 Å². The zero-order chi connectivity index (χ0) is 10.1. The first-order chi connectivity index (χ1) is 7.45. The Morgan fingerprint density at radius 3 is 2.73 bits per heavy atom. The maximum atomic E-state index is 4.60. The molecule has 0 fully saturated rings. The van der Waals surface area contributed by atoms with Crippen LogP contribution in [0.5, 0.6) is 0 Å². The van der Waals surface area contributed by atoms with E-state index in [0.29, 0.717) is 0 Å². The molecule has 0 atom stereocenters. The predicted molar refractivity (Wildman–Crippen MR) is 62.8 cm³/mol. The molecule has 1 heteroatoms. The van der Waals surface area contributed by atoms with Crippen molar-refractivity contribution < 1.29 is 0 Å². The van der Waals surface area contributed by atoms with Gasteiger partial charge in [0.05, 0.1) is 5.56 Å². The normalized spacial score (nSPS) is 10.7. The number of fused-ring (bicyclic) bond motifs is 3. The molecule has 70 valence electrons. The lowest BCUT2D eigenvalue weighted by molar-refractivity contribution is 1.47. The topological polar surface area (TPSA) is 12.9 Å². The van der Waals surface area contributed by atoms with Crippen molar-refractivity contribution in [3.05, 3.63) is 60.7 Å². The average molecular weight is 192 g/mol. The molecule has 0 unspecified atom stereocenters. The highest BCUT2D eigenvalue weighted by Gasteiger charge is 2.14. The van der Waals surface area contributed by atoms with Crippen LogP contribution in [0.3, 0.4) is 0 Å². The summed E-state index contributed by atoms with van der Waals surface area (Å²) in [5.41, 5.74) is 3.33. The van der Waals surface area contributed by atoms with E-state index in [-0.39, 0.29) is 0 Å². The van der Waals surface area contributed by atoms with Gasteiger partial charge >= 0.3 is 0 Å². The Hall–Kier alpha value is -2.02. The van der Waals surface area contributed by atoms with Crippen molar-refractivity contribution in [2.24, 2.45) is 0 Å². The van der Waals surface area contributed by atoms with Crippen molar-refractivity contribution in [2.45, 2.75) is 0 Å². The smallest absolute Gasteiger partial charge is 0.152 e. The van der Waals surface area contributed by atoms with Crippen LogP contribution in [0.15, 0.2) is 60.7 Å².